The van der Waals surface area contributed by atoms with Crippen LogP contribution in [-0.2, 0) is 6.61 Å². The van der Waals surface area contributed by atoms with E-state index in [1.165, 1.54) is 0 Å². The van der Waals surface area contributed by atoms with Crippen molar-refractivity contribution in [3.63, 3.8) is 0 Å². The van der Waals surface area contributed by atoms with Gasteiger partial charge in [-0.15, -0.1) is 0 Å². The number of nitrogens with zero attached hydrogens (tertiary/aromatic N) is 1. The molecule has 0 amide bonds. The Morgan fingerprint density at radius 1 is 1.14 bits per heavy atom. The van der Waals surface area contributed by atoms with Crippen LogP contribution >= 0.6 is 0 Å². The summed E-state index contributed by atoms with van der Waals surface area (Å²) in [6.07, 6.45) is 0.323. The van der Waals surface area contributed by atoms with E-state index < -0.39 is 0 Å². The molecular formula is C18H20N2O. The molecule has 0 radical (unpaired) electrons. The quantitative estimate of drug-likeness (QED) is 0.906. The van der Waals surface area contributed by atoms with Gasteiger partial charge < -0.3 is 10.5 Å². The van der Waals surface area contributed by atoms with Gasteiger partial charge in [0.2, 0.25) is 0 Å². The Bertz CT molecular complexity index is 621. The van der Waals surface area contributed by atoms with Crippen molar-refractivity contribution >= 4 is 0 Å². The molecule has 2 N–H and O–H groups in total. The number of ether oxygens (including phenoxy) is 1. The normalized spacial score (nSPS) is 11.7. The van der Waals surface area contributed by atoms with Gasteiger partial charge in [-0.3, -0.25) is 0 Å². The van der Waals surface area contributed by atoms with Gasteiger partial charge in [0.1, 0.15) is 12.4 Å². The van der Waals surface area contributed by atoms with Crippen molar-refractivity contribution in [2.24, 2.45) is 5.73 Å². The van der Waals surface area contributed by atoms with Crippen molar-refractivity contribution in [3.05, 3.63) is 64.7 Å². The molecule has 0 aromatic heterocycles. The van der Waals surface area contributed by atoms with Crippen molar-refractivity contribution in [3.8, 4) is 11.8 Å². The Labute approximate surface area is 126 Å². The van der Waals surface area contributed by atoms with Gasteiger partial charge in [-0.05, 0) is 36.1 Å². The summed E-state index contributed by atoms with van der Waals surface area (Å²) in [5, 5.41) is 8.75. The Morgan fingerprint density at radius 2 is 1.76 bits per heavy atom. The molecule has 0 fully saturated rings. The summed E-state index contributed by atoms with van der Waals surface area (Å²) < 4.78 is 5.94. The third-order valence-corrected chi connectivity index (χ3v) is 3.45. The first-order chi connectivity index (χ1) is 10.1. The summed E-state index contributed by atoms with van der Waals surface area (Å²) in [7, 11) is 0. The molecule has 0 saturated heterocycles. The molecule has 0 heterocycles. The maximum absolute atomic E-state index is 8.75. The van der Waals surface area contributed by atoms with E-state index in [2.05, 4.69) is 6.07 Å². The fourth-order valence-corrected chi connectivity index (χ4v) is 2.37. The predicted molar refractivity (Wildman–Crippen MR) is 83.8 cm³/mol. The fourth-order valence-electron chi connectivity index (χ4n) is 2.37. The molecule has 0 spiro atoms. The molecule has 0 bridgehead atoms. The molecular weight excluding hydrogens is 260 g/mol. The molecule has 0 saturated carbocycles. The minimum atomic E-state index is -0.240. The third-order valence-electron chi connectivity index (χ3n) is 3.45. The van der Waals surface area contributed by atoms with Gasteiger partial charge in [0.15, 0.2) is 0 Å². The molecule has 2 aromatic carbocycles. The summed E-state index contributed by atoms with van der Waals surface area (Å²) in [4.78, 5) is 0. The standard InChI is InChI=1S/C18H20N2O/c1-13-10-16(17(20)8-9-19)11-14(2)18(13)21-12-15-6-4-3-5-7-15/h3-7,10-11,17H,8,12,20H2,1-2H3/t17-/m1/s1. The van der Waals surface area contributed by atoms with Gasteiger partial charge in [0.05, 0.1) is 12.5 Å². The lowest BCUT2D eigenvalue weighted by atomic mass is 9.99. The Kier molecular flexibility index (Phi) is 4.97. The molecule has 0 aliphatic carbocycles. The van der Waals surface area contributed by atoms with Gasteiger partial charge >= 0.3 is 0 Å². The topological polar surface area (TPSA) is 59.0 Å². The number of nitriles is 1. The maximum Gasteiger partial charge on any atom is 0.125 e. The lowest BCUT2D eigenvalue weighted by molar-refractivity contribution is 0.302. The molecule has 21 heavy (non-hydrogen) atoms. The Hall–Kier alpha value is -2.31. The van der Waals surface area contributed by atoms with E-state index in [-0.39, 0.29) is 6.04 Å². The first-order valence-electron chi connectivity index (χ1n) is 7.02. The van der Waals surface area contributed by atoms with E-state index >= 15 is 0 Å². The van der Waals surface area contributed by atoms with Crippen LogP contribution in [0.15, 0.2) is 42.5 Å². The van der Waals surface area contributed by atoms with E-state index in [9.17, 15) is 0 Å². The number of aryl methyl sites for hydroxylation is 2. The first kappa shape index (κ1) is 15.1. The summed E-state index contributed by atoms with van der Waals surface area (Å²) in [6, 6.07) is 16.0. The zero-order valence-electron chi connectivity index (χ0n) is 12.5. The van der Waals surface area contributed by atoms with Crippen LogP contribution in [0.4, 0.5) is 0 Å². The van der Waals surface area contributed by atoms with E-state index in [0.717, 1.165) is 28.0 Å². The number of nitrogens with two attached hydrogens (primary N) is 1. The number of benzene rings is 2. The van der Waals surface area contributed by atoms with Crippen molar-refractivity contribution in [2.45, 2.75) is 32.9 Å². The summed E-state index contributed by atoms with van der Waals surface area (Å²) >= 11 is 0. The summed E-state index contributed by atoms with van der Waals surface area (Å²) in [5.74, 6) is 0.895. The Morgan fingerprint density at radius 3 is 2.33 bits per heavy atom. The molecule has 3 heteroatoms. The fraction of sp³-hybridized carbons (Fsp3) is 0.278. The molecule has 1 atom stereocenters. The molecule has 2 aromatic rings. The van der Waals surface area contributed by atoms with Crippen LogP contribution in [0, 0.1) is 25.2 Å². The van der Waals surface area contributed by atoms with Crippen LogP contribution in [-0.4, -0.2) is 0 Å². The predicted octanol–water partition coefficient (Wildman–Crippen LogP) is 3.80. The van der Waals surface area contributed by atoms with Gasteiger partial charge in [-0.2, -0.15) is 5.26 Å². The SMILES string of the molecule is Cc1cc([C@H](N)CC#N)cc(C)c1OCc1ccccc1. The Balaban J connectivity index is 2.16. The molecule has 3 nitrogen and oxygen atoms in total. The van der Waals surface area contributed by atoms with Gasteiger partial charge in [0, 0.05) is 6.04 Å². The summed E-state index contributed by atoms with van der Waals surface area (Å²) in [5.41, 5.74) is 10.2. The van der Waals surface area contributed by atoms with Crippen LogP contribution in [0.5, 0.6) is 5.75 Å². The van der Waals surface area contributed by atoms with Crippen LogP contribution < -0.4 is 10.5 Å². The van der Waals surface area contributed by atoms with E-state index in [1.54, 1.807) is 0 Å². The molecule has 0 aliphatic rings. The monoisotopic (exact) mass is 280 g/mol. The second-order valence-electron chi connectivity index (χ2n) is 5.23. The smallest absolute Gasteiger partial charge is 0.125 e. The average molecular weight is 280 g/mol. The van der Waals surface area contributed by atoms with Crippen LogP contribution in [0.2, 0.25) is 0 Å². The highest BCUT2D eigenvalue weighted by atomic mass is 16.5. The molecule has 0 aliphatic heterocycles. The second-order valence-corrected chi connectivity index (χ2v) is 5.23. The van der Waals surface area contributed by atoms with E-state index in [0.29, 0.717) is 13.0 Å². The zero-order valence-corrected chi connectivity index (χ0v) is 12.5. The largest absolute Gasteiger partial charge is 0.488 e. The highest BCUT2D eigenvalue weighted by molar-refractivity contribution is 5.44. The maximum atomic E-state index is 8.75. The van der Waals surface area contributed by atoms with Crippen molar-refractivity contribution in [1.29, 1.82) is 5.26 Å². The van der Waals surface area contributed by atoms with Crippen molar-refractivity contribution in [1.82, 2.24) is 0 Å². The second kappa shape index (κ2) is 6.92. The number of hydrogen-bond acceptors (Lipinski definition) is 3. The van der Waals surface area contributed by atoms with Gasteiger partial charge in [-0.1, -0.05) is 42.5 Å². The van der Waals surface area contributed by atoms with Gasteiger partial charge in [-0.25, -0.2) is 0 Å². The zero-order chi connectivity index (χ0) is 15.2. The van der Waals surface area contributed by atoms with Crippen LogP contribution in [0.3, 0.4) is 0 Å². The average Bonchev–Trinajstić information content (AvgIpc) is 2.47. The molecule has 108 valence electrons. The van der Waals surface area contributed by atoms with E-state index in [1.807, 2.05) is 56.3 Å². The number of hydrogen-bond donors (Lipinski definition) is 1. The number of rotatable bonds is 5. The minimum absolute atomic E-state index is 0.240. The molecule has 2 rings (SSSR count). The highest BCUT2D eigenvalue weighted by Crippen LogP contribution is 2.28. The first-order valence-corrected chi connectivity index (χ1v) is 7.02. The van der Waals surface area contributed by atoms with Crippen LogP contribution in [0.25, 0.3) is 0 Å². The van der Waals surface area contributed by atoms with Crippen molar-refractivity contribution < 1.29 is 4.74 Å². The minimum Gasteiger partial charge on any atom is -0.488 e. The van der Waals surface area contributed by atoms with Crippen molar-refractivity contribution in [2.75, 3.05) is 0 Å². The van der Waals surface area contributed by atoms with E-state index in [4.69, 9.17) is 15.7 Å². The van der Waals surface area contributed by atoms with Gasteiger partial charge in [0.25, 0.3) is 0 Å². The third kappa shape index (κ3) is 3.84. The lowest BCUT2D eigenvalue weighted by Crippen LogP contribution is -2.10. The van der Waals surface area contributed by atoms with Crippen LogP contribution in [0.1, 0.15) is 34.7 Å². The summed E-state index contributed by atoms with van der Waals surface area (Å²) in [6.45, 7) is 4.57. The highest BCUT2D eigenvalue weighted by Gasteiger charge is 2.11. The molecule has 0 unspecified atom stereocenters. The lowest BCUT2D eigenvalue weighted by Gasteiger charge is -2.16.